The first kappa shape index (κ1) is 23.2. The van der Waals surface area contributed by atoms with E-state index in [1.807, 2.05) is 60.7 Å². The van der Waals surface area contributed by atoms with Gasteiger partial charge in [-0.15, -0.1) is 0 Å². The molecule has 0 saturated heterocycles. The number of carbonyl (C=O) groups excluding carboxylic acids is 1. The number of anilines is 1. The van der Waals surface area contributed by atoms with Gasteiger partial charge in [0.05, 0.1) is 11.5 Å². The lowest BCUT2D eigenvalue weighted by atomic mass is 9.97. The molecule has 0 aromatic heterocycles. The molecule has 0 heterocycles. The van der Waals surface area contributed by atoms with Gasteiger partial charge in [0.2, 0.25) is 10.0 Å². The Morgan fingerprint density at radius 3 is 1.97 bits per heavy atom. The van der Waals surface area contributed by atoms with Crippen LogP contribution in [0.3, 0.4) is 0 Å². The lowest BCUT2D eigenvalue weighted by molar-refractivity contribution is 0.163. The molecule has 6 nitrogen and oxygen atoms in total. The number of ether oxygens (including phenoxy) is 1. The number of benzene rings is 3. The number of hydrogen-bond acceptors (Lipinski definition) is 4. The molecule has 0 aliphatic carbocycles. The Kier molecular flexibility index (Phi) is 8.19. The van der Waals surface area contributed by atoms with E-state index in [1.54, 1.807) is 6.92 Å². The molecule has 166 valence electrons. The van der Waals surface area contributed by atoms with Crippen LogP contribution in [0.1, 0.15) is 24.5 Å². The molecule has 1 amide bonds. The van der Waals surface area contributed by atoms with E-state index in [9.17, 15) is 13.2 Å². The number of nitrogens with one attached hydrogen (secondary N) is 2. The highest BCUT2D eigenvalue weighted by atomic mass is 32.2. The van der Waals surface area contributed by atoms with Gasteiger partial charge in [0.25, 0.3) is 0 Å². The average molecular weight is 451 g/mol. The number of amides is 1. The fourth-order valence-electron chi connectivity index (χ4n) is 3.14. The average Bonchev–Trinajstić information content (AvgIpc) is 2.80. The summed E-state index contributed by atoms with van der Waals surface area (Å²) in [5.41, 5.74) is 3.72. The molecule has 0 spiro atoms. The summed E-state index contributed by atoms with van der Waals surface area (Å²) in [6.45, 7) is 2.22. The van der Waals surface area contributed by atoms with Crippen LogP contribution in [0.4, 0.5) is 10.5 Å². The fourth-order valence-corrected chi connectivity index (χ4v) is 4.18. The molecule has 0 atom stereocenters. The van der Waals surface area contributed by atoms with Gasteiger partial charge in [-0.2, -0.15) is 0 Å². The van der Waals surface area contributed by atoms with E-state index in [0.29, 0.717) is 18.7 Å². The Hall–Kier alpha value is -3.42. The molecule has 0 radical (unpaired) electrons. The van der Waals surface area contributed by atoms with Crippen molar-refractivity contribution in [1.82, 2.24) is 4.72 Å². The molecule has 3 aromatic rings. The number of hydrogen-bond donors (Lipinski definition) is 2. The predicted molar refractivity (Wildman–Crippen MR) is 127 cm³/mol. The number of sulfonamides is 1. The van der Waals surface area contributed by atoms with Crippen molar-refractivity contribution >= 4 is 27.4 Å². The molecule has 0 unspecified atom stereocenters. The summed E-state index contributed by atoms with van der Waals surface area (Å²) in [7, 11) is -3.53. The maximum Gasteiger partial charge on any atom is 0.411 e. The van der Waals surface area contributed by atoms with Crippen molar-refractivity contribution in [2.45, 2.75) is 18.2 Å². The quantitative estimate of drug-likeness (QED) is 0.447. The van der Waals surface area contributed by atoms with Crippen molar-refractivity contribution < 1.29 is 17.9 Å². The van der Waals surface area contributed by atoms with Crippen molar-refractivity contribution in [3.05, 3.63) is 102 Å². The smallest absolute Gasteiger partial charge is 0.411 e. The van der Waals surface area contributed by atoms with Gasteiger partial charge < -0.3 is 4.74 Å². The SMILES string of the molecule is CCNS(=O)(=O)c1ccc(NC(=O)OCCC=C(c2ccccc2)c2ccccc2)cc1. The van der Waals surface area contributed by atoms with Gasteiger partial charge in [-0.3, -0.25) is 5.32 Å². The number of rotatable bonds is 9. The van der Waals surface area contributed by atoms with Crippen LogP contribution in [0.5, 0.6) is 0 Å². The van der Waals surface area contributed by atoms with Crippen LogP contribution in [-0.4, -0.2) is 27.7 Å². The van der Waals surface area contributed by atoms with Crippen molar-refractivity contribution in [2.75, 3.05) is 18.5 Å². The van der Waals surface area contributed by atoms with Crippen LogP contribution in [0.15, 0.2) is 95.9 Å². The van der Waals surface area contributed by atoms with Gasteiger partial charge >= 0.3 is 6.09 Å². The normalized spacial score (nSPS) is 10.9. The molecule has 0 bridgehead atoms. The molecular formula is C25H26N2O4S. The van der Waals surface area contributed by atoms with E-state index in [0.717, 1.165) is 16.7 Å². The summed E-state index contributed by atoms with van der Waals surface area (Å²) in [5.74, 6) is 0. The zero-order valence-corrected chi connectivity index (χ0v) is 18.6. The Labute approximate surface area is 189 Å². The molecular weight excluding hydrogens is 424 g/mol. The fraction of sp³-hybridized carbons (Fsp3) is 0.160. The van der Waals surface area contributed by atoms with Gasteiger partial charge in [0, 0.05) is 18.7 Å². The van der Waals surface area contributed by atoms with Gasteiger partial charge in [0.15, 0.2) is 0 Å². The van der Waals surface area contributed by atoms with Crippen molar-refractivity contribution in [1.29, 1.82) is 0 Å². The zero-order chi connectivity index (χ0) is 22.8. The van der Waals surface area contributed by atoms with Gasteiger partial charge in [0.1, 0.15) is 0 Å². The first-order valence-electron chi connectivity index (χ1n) is 10.3. The minimum atomic E-state index is -3.53. The minimum Gasteiger partial charge on any atom is -0.449 e. The van der Waals surface area contributed by atoms with Gasteiger partial charge in [-0.05, 0) is 41.0 Å². The maximum absolute atomic E-state index is 12.1. The van der Waals surface area contributed by atoms with E-state index in [2.05, 4.69) is 16.1 Å². The monoisotopic (exact) mass is 450 g/mol. The molecule has 0 aliphatic rings. The molecule has 0 fully saturated rings. The highest BCUT2D eigenvalue weighted by Crippen LogP contribution is 2.23. The Bertz CT molecular complexity index is 1100. The Morgan fingerprint density at radius 2 is 1.44 bits per heavy atom. The van der Waals surface area contributed by atoms with Gasteiger partial charge in [-0.25, -0.2) is 17.9 Å². The molecule has 3 aromatic carbocycles. The predicted octanol–water partition coefficient (Wildman–Crippen LogP) is 5.06. The summed E-state index contributed by atoms with van der Waals surface area (Å²) >= 11 is 0. The summed E-state index contributed by atoms with van der Waals surface area (Å²) in [4.78, 5) is 12.2. The second-order valence-electron chi connectivity index (χ2n) is 6.93. The standard InChI is InChI=1S/C25H26N2O4S/c1-2-26-32(29,30)23-17-15-22(16-18-23)27-25(28)31-19-9-14-24(20-10-5-3-6-11-20)21-12-7-4-8-13-21/h3-8,10-18,26H,2,9,19H2,1H3,(H,27,28). The summed E-state index contributed by atoms with van der Waals surface area (Å²) in [6, 6.07) is 26.0. The first-order valence-corrected chi connectivity index (χ1v) is 11.8. The van der Waals surface area contributed by atoms with E-state index in [-0.39, 0.29) is 11.5 Å². The van der Waals surface area contributed by atoms with Crippen molar-refractivity contribution in [3.8, 4) is 0 Å². The lowest BCUT2D eigenvalue weighted by Crippen LogP contribution is -2.23. The molecule has 0 aliphatic heterocycles. The highest BCUT2D eigenvalue weighted by molar-refractivity contribution is 7.89. The maximum atomic E-state index is 12.1. The lowest BCUT2D eigenvalue weighted by Gasteiger charge is -2.10. The van der Waals surface area contributed by atoms with E-state index in [4.69, 9.17) is 4.74 Å². The largest absolute Gasteiger partial charge is 0.449 e. The first-order chi connectivity index (χ1) is 15.5. The molecule has 2 N–H and O–H groups in total. The second kappa shape index (κ2) is 11.3. The van der Waals surface area contributed by atoms with Crippen molar-refractivity contribution in [2.24, 2.45) is 0 Å². The minimum absolute atomic E-state index is 0.137. The van der Waals surface area contributed by atoms with Crippen LogP contribution < -0.4 is 10.0 Å². The highest BCUT2D eigenvalue weighted by Gasteiger charge is 2.12. The Morgan fingerprint density at radius 1 is 0.875 bits per heavy atom. The Balaban J connectivity index is 1.57. The third-order valence-corrected chi connectivity index (χ3v) is 6.18. The topological polar surface area (TPSA) is 84.5 Å². The third-order valence-electron chi connectivity index (χ3n) is 4.61. The molecule has 32 heavy (non-hydrogen) atoms. The van der Waals surface area contributed by atoms with Crippen LogP contribution in [0.2, 0.25) is 0 Å². The summed E-state index contributed by atoms with van der Waals surface area (Å²) in [5, 5.41) is 2.61. The number of carbonyl (C=O) groups is 1. The molecule has 3 rings (SSSR count). The van der Waals surface area contributed by atoms with E-state index >= 15 is 0 Å². The van der Waals surface area contributed by atoms with Crippen LogP contribution in [-0.2, 0) is 14.8 Å². The second-order valence-corrected chi connectivity index (χ2v) is 8.69. The van der Waals surface area contributed by atoms with Crippen molar-refractivity contribution in [3.63, 3.8) is 0 Å². The van der Waals surface area contributed by atoms with Gasteiger partial charge in [-0.1, -0.05) is 73.7 Å². The summed E-state index contributed by atoms with van der Waals surface area (Å²) < 4.78 is 31.6. The van der Waals surface area contributed by atoms with E-state index in [1.165, 1.54) is 24.3 Å². The summed E-state index contributed by atoms with van der Waals surface area (Å²) in [6.07, 6.45) is 2.01. The van der Waals surface area contributed by atoms with E-state index < -0.39 is 16.1 Å². The van der Waals surface area contributed by atoms with Crippen LogP contribution >= 0.6 is 0 Å². The van der Waals surface area contributed by atoms with Crippen LogP contribution in [0, 0.1) is 0 Å². The zero-order valence-electron chi connectivity index (χ0n) is 17.8. The third kappa shape index (κ3) is 6.54. The van der Waals surface area contributed by atoms with Crippen LogP contribution in [0.25, 0.3) is 5.57 Å². The molecule has 7 heteroatoms. The molecule has 0 saturated carbocycles.